The molecule has 1 aromatic rings. The van der Waals surface area contributed by atoms with Crippen LogP contribution in [0.15, 0.2) is 18.2 Å². The van der Waals surface area contributed by atoms with Crippen molar-refractivity contribution in [1.29, 1.82) is 0 Å². The Morgan fingerprint density at radius 2 is 2.00 bits per heavy atom. The number of methoxy groups -OCH3 is 1. The second-order valence-corrected chi connectivity index (χ2v) is 4.81. The minimum absolute atomic E-state index is 0.214. The highest BCUT2D eigenvalue weighted by Gasteiger charge is 2.07. The van der Waals surface area contributed by atoms with Crippen molar-refractivity contribution in [1.82, 2.24) is 5.32 Å². The molecule has 0 aliphatic carbocycles. The Hall–Kier alpha value is -1.09. The van der Waals surface area contributed by atoms with Gasteiger partial charge < -0.3 is 10.1 Å². The predicted molar refractivity (Wildman–Crippen MR) is 68.7 cm³/mol. The molecule has 0 bridgehead atoms. The largest absolute Gasteiger partial charge is 0.497 e. The van der Waals surface area contributed by atoms with Crippen molar-refractivity contribution in [3.8, 4) is 5.75 Å². The average molecular weight is 239 g/mol. The molecule has 0 radical (unpaired) electrons. The molecule has 1 N–H and O–H groups in total. The molecule has 0 fully saturated rings. The van der Waals surface area contributed by atoms with Gasteiger partial charge >= 0.3 is 0 Å². The molecule has 0 saturated carbocycles. The lowest BCUT2D eigenvalue weighted by atomic mass is 9.98. The lowest BCUT2D eigenvalue weighted by molar-refractivity contribution is 0.390. The summed E-state index contributed by atoms with van der Waals surface area (Å²) in [6.07, 6.45) is 0. The van der Waals surface area contributed by atoms with E-state index in [0.29, 0.717) is 29.7 Å². The summed E-state index contributed by atoms with van der Waals surface area (Å²) in [7, 11) is 1.54. The third-order valence-electron chi connectivity index (χ3n) is 3.18. The Bertz CT molecular complexity index is 352. The Morgan fingerprint density at radius 1 is 1.29 bits per heavy atom. The van der Waals surface area contributed by atoms with Crippen molar-refractivity contribution in [3.05, 3.63) is 29.6 Å². The fourth-order valence-corrected chi connectivity index (χ4v) is 1.47. The lowest BCUT2D eigenvalue weighted by Crippen LogP contribution is -2.24. The second-order valence-electron chi connectivity index (χ2n) is 4.81. The Kier molecular flexibility index (Phi) is 5.42. The van der Waals surface area contributed by atoms with Crippen LogP contribution in [-0.4, -0.2) is 13.7 Å². The number of ether oxygens (including phenoxy) is 1. The summed E-state index contributed by atoms with van der Waals surface area (Å²) < 4.78 is 18.6. The summed E-state index contributed by atoms with van der Waals surface area (Å²) in [5.74, 6) is 1.58. The molecule has 2 nitrogen and oxygen atoms in total. The second kappa shape index (κ2) is 6.60. The van der Waals surface area contributed by atoms with Crippen LogP contribution in [0.2, 0.25) is 0 Å². The van der Waals surface area contributed by atoms with Gasteiger partial charge in [-0.3, -0.25) is 0 Å². The molecule has 0 heterocycles. The van der Waals surface area contributed by atoms with Crippen LogP contribution in [0, 0.1) is 17.7 Å². The maximum atomic E-state index is 13.6. The molecule has 1 aromatic carbocycles. The number of hydrogen-bond donors (Lipinski definition) is 1. The van der Waals surface area contributed by atoms with Crippen molar-refractivity contribution >= 4 is 0 Å². The summed E-state index contributed by atoms with van der Waals surface area (Å²) in [4.78, 5) is 0. The van der Waals surface area contributed by atoms with Crippen LogP contribution < -0.4 is 10.1 Å². The van der Waals surface area contributed by atoms with Crippen LogP contribution in [0.25, 0.3) is 0 Å². The summed E-state index contributed by atoms with van der Waals surface area (Å²) in [5.41, 5.74) is 0.682. The summed E-state index contributed by atoms with van der Waals surface area (Å²) in [6, 6.07) is 4.97. The van der Waals surface area contributed by atoms with E-state index in [1.54, 1.807) is 12.1 Å². The standard InChI is InChI=1S/C14H22FNO/c1-10(2)11(3)8-16-9-12-5-6-13(17-4)7-14(12)15/h5-7,10-11,16H,8-9H2,1-4H3. The molecule has 96 valence electrons. The normalized spacial score (nSPS) is 12.8. The molecule has 1 unspecified atom stereocenters. The van der Waals surface area contributed by atoms with E-state index in [1.165, 1.54) is 13.2 Å². The Labute approximate surface area is 103 Å². The zero-order chi connectivity index (χ0) is 12.8. The SMILES string of the molecule is COc1ccc(CNCC(C)C(C)C)c(F)c1. The fourth-order valence-electron chi connectivity index (χ4n) is 1.47. The Balaban J connectivity index is 2.47. The van der Waals surface area contributed by atoms with E-state index in [2.05, 4.69) is 26.1 Å². The molecule has 0 aliphatic rings. The van der Waals surface area contributed by atoms with Gasteiger partial charge in [-0.1, -0.05) is 26.8 Å². The highest BCUT2D eigenvalue weighted by Crippen LogP contribution is 2.16. The van der Waals surface area contributed by atoms with Crippen LogP contribution in [0.5, 0.6) is 5.75 Å². The number of nitrogens with one attached hydrogen (secondary N) is 1. The monoisotopic (exact) mass is 239 g/mol. The van der Waals surface area contributed by atoms with Gasteiger partial charge in [-0.25, -0.2) is 4.39 Å². The van der Waals surface area contributed by atoms with Crippen molar-refractivity contribution in [2.75, 3.05) is 13.7 Å². The van der Waals surface area contributed by atoms with E-state index in [0.717, 1.165) is 6.54 Å². The maximum absolute atomic E-state index is 13.6. The van der Waals surface area contributed by atoms with E-state index in [4.69, 9.17) is 4.74 Å². The number of benzene rings is 1. The van der Waals surface area contributed by atoms with Crippen LogP contribution in [0.4, 0.5) is 4.39 Å². The van der Waals surface area contributed by atoms with Gasteiger partial charge in [0.15, 0.2) is 0 Å². The molecular weight excluding hydrogens is 217 g/mol. The summed E-state index contributed by atoms with van der Waals surface area (Å²) >= 11 is 0. The van der Waals surface area contributed by atoms with Gasteiger partial charge in [0.2, 0.25) is 0 Å². The molecule has 0 saturated heterocycles. The lowest BCUT2D eigenvalue weighted by Gasteiger charge is -2.16. The third-order valence-corrected chi connectivity index (χ3v) is 3.18. The Morgan fingerprint density at radius 3 is 2.53 bits per heavy atom. The number of rotatable bonds is 6. The van der Waals surface area contributed by atoms with Crippen molar-refractivity contribution in [2.45, 2.75) is 27.3 Å². The molecule has 1 atom stereocenters. The first kappa shape index (κ1) is 14.0. The van der Waals surface area contributed by atoms with E-state index >= 15 is 0 Å². The first-order valence-corrected chi connectivity index (χ1v) is 6.07. The molecule has 17 heavy (non-hydrogen) atoms. The molecule has 0 spiro atoms. The number of halogens is 1. The minimum Gasteiger partial charge on any atom is -0.497 e. The quantitative estimate of drug-likeness (QED) is 0.823. The number of hydrogen-bond acceptors (Lipinski definition) is 2. The van der Waals surface area contributed by atoms with Gasteiger partial charge in [0.05, 0.1) is 7.11 Å². The van der Waals surface area contributed by atoms with Crippen LogP contribution in [0.1, 0.15) is 26.3 Å². The van der Waals surface area contributed by atoms with Gasteiger partial charge in [0.1, 0.15) is 11.6 Å². The molecule has 0 aromatic heterocycles. The van der Waals surface area contributed by atoms with Crippen LogP contribution in [-0.2, 0) is 6.54 Å². The topological polar surface area (TPSA) is 21.3 Å². The first-order valence-electron chi connectivity index (χ1n) is 6.07. The van der Waals surface area contributed by atoms with Crippen LogP contribution >= 0.6 is 0 Å². The van der Waals surface area contributed by atoms with E-state index in [-0.39, 0.29) is 5.82 Å². The predicted octanol–water partition coefficient (Wildman–Crippen LogP) is 3.22. The zero-order valence-corrected chi connectivity index (χ0v) is 11.1. The van der Waals surface area contributed by atoms with E-state index < -0.39 is 0 Å². The van der Waals surface area contributed by atoms with Gasteiger partial charge in [-0.05, 0) is 24.4 Å². The van der Waals surface area contributed by atoms with Gasteiger partial charge in [0, 0.05) is 18.2 Å². The van der Waals surface area contributed by atoms with E-state index in [1.807, 2.05) is 0 Å². The molecule has 1 rings (SSSR count). The summed E-state index contributed by atoms with van der Waals surface area (Å²) in [6.45, 7) is 8.05. The smallest absolute Gasteiger partial charge is 0.131 e. The van der Waals surface area contributed by atoms with Crippen molar-refractivity contribution < 1.29 is 9.13 Å². The van der Waals surface area contributed by atoms with Crippen molar-refractivity contribution in [3.63, 3.8) is 0 Å². The highest BCUT2D eigenvalue weighted by atomic mass is 19.1. The maximum Gasteiger partial charge on any atom is 0.131 e. The molecule has 3 heteroatoms. The molecule has 0 aliphatic heterocycles. The van der Waals surface area contributed by atoms with Crippen molar-refractivity contribution in [2.24, 2.45) is 11.8 Å². The fraction of sp³-hybridized carbons (Fsp3) is 0.571. The van der Waals surface area contributed by atoms with Gasteiger partial charge in [-0.15, -0.1) is 0 Å². The molecular formula is C14H22FNO. The van der Waals surface area contributed by atoms with Gasteiger partial charge in [0.25, 0.3) is 0 Å². The van der Waals surface area contributed by atoms with Gasteiger partial charge in [-0.2, -0.15) is 0 Å². The first-order chi connectivity index (χ1) is 8.04. The average Bonchev–Trinajstić information content (AvgIpc) is 2.30. The van der Waals surface area contributed by atoms with Crippen LogP contribution in [0.3, 0.4) is 0 Å². The highest BCUT2D eigenvalue weighted by molar-refractivity contribution is 5.28. The molecule has 0 amide bonds. The van der Waals surface area contributed by atoms with E-state index in [9.17, 15) is 4.39 Å². The summed E-state index contributed by atoms with van der Waals surface area (Å²) in [5, 5.41) is 3.28. The zero-order valence-electron chi connectivity index (χ0n) is 11.1. The minimum atomic E-state index is -0.214. The third kappa shape index (κ3) is 4.35.